The lowest BCUT2D eigenvalue weighted by Crippen LogP contribution is -2.35. The molecule has 0 aliphatic heterocycles. The number of aryl methyl sites for hydroxylation is 1. The first-order chi connectivity index (χ1) is 17.6. The van der Waals surface area contributed by atoms with Crippen molar-refractivity contribution in [3.63, 3.8) is 0 Å². The molecule has 0 saturated heterocycles. The smallest absolute Gasteiger partial charge is 0.338 e. The van der Waals surface area contributed by atoms with Crippen LogP contribution >= 0.6 is 12.8 Å². The van der Waals surface area contributed by atoms with E-state index in [-0.39, 0.29) is 23.1 Å². The molecule has 4 amide bonds. The molecule has 0 bridgehead atoms. The van der Waals surface area contributed by atoms with Gasteiger partial charge in [-0.1, -0.05) is 56.7 Å². The second-order valence-electron chi connectivity index (χ2n) is 8.36. The summed E-state index contributed by atoms with van der Waals surface area (Å²) in [5.41, 5.74) is 1.44. The number of benzene rings is 2. The Morgan fingerprint density at radius 3 is 2.27 bits per heavy atom. The van der Waals surface area contributed by atoms with Crippen molar-refractivity contribution in [2.24, 2.45) is 0 Å². The molecular formula is C25H34N4O6S2. The van der Waals surface area contributed by atoms with Gasteiger partial charge >= 0.3 is 18.0 Å². The minimum absolute atomic E-state index is 0.0312. The lowest BCUT2D eigenvalue weighted by atomic mass is 10.2. The molecule has 0 fully saturated rings. The summed E-state index contributed by atoms with van der Waals surface area (Å²) in [5, 5.41) is 5.13. The molecule has 3 N–H and O–H groups in total. The van der Waals surface area contributed by atoms with Crippen LogP contribution in [0.1, 0.15) is 54.9 Å². The third kappa shape index (κ3) is 10.7. The van der Waals surface area contributed by atoms with E-state index in [1.807, 2.05) is 11.6 Å². The number of rotatable bonds is 13. The Bertz CT molecular complexity index is 1140. The number of thiol groups is 1. The number of anilines is 1. The van der Waals surface area contributed by atoms with Crippen molar-refractivity contribution in [1.29, 1.82) is 0 Å². The molecule has 0 aliphatic rings. The molecule has 2 aromatic rings. The largest absolute Gasteiger partial charge is 0.462 e. The SMILES string of the molecule is CCCCCCN(S)C(=O)NCCCOC(=O)c1ccc(NC(=O)NS(=O)(=O)c2ccc(C)cc2)cc1. The molecule has 37 heavy (non-hydrogen) atoms. The third-order valence-electron chi connectivity index (χ3n) is 5.23. The maximum atomic E-state index is 12.3. The summed E-state index contributed by atoms with van der Waals surface area (Å²) < 4.78 is 33.1. The molecule has 2 rings (SSSR count). The van der Waals surface area contributed by atoms with Gasteiger partial charge in [0.2, 0.25) is 0 Å². The fourth-order valence-corrected chi connectivity index (χ4v) is 4.26. The molecule has 0 aliphatic carbocycles. The van der Waals surface area contributed by atoms with Gasteiger partial charge in [0.25, 0.3) is 10.0 Å². The first-order valence-corrected chi connectivity index (χ1v) is 13.9. The molecule has 0 unspecified atom stereocenters. The Morgan fingerprint density at radius 2 is 1.62 bits per heavy atom. The van der Waals surface area contributed by atoms with E-state index in [2.05, 4.69) is 30.4 Å². The average molecular weight is 551 g/mol. The van der Waals surface area contributed by atoms with Crippen molar-refractivity contribution in [2.45, 2.75) is 50.8 Å². The number of hydrogen-bond acceptors (Lipinski definition) is 7. The van der Waals surface area contributed by atoms with Gasteiger partial charge in [0.15, 0.2) is 0 Å². The molecule has 10 nitrogen and oxygen atoms in total. The number of unbranched alkanes of at least 4 members (excludes halogenated alkanes) is 3. The molecule has 0 aromatic heterocycles. The molecule has 202 valence electrons. The summed E-state index contributed by atoms with van der Waals surface area (Å²) in [5.74, 6) is -0.559. The highest BCUT2D eigenvalue weighted by atomic mass is 32.2. The van der Waals surface area contributed by atoms with Crippen LogP contribution < -0.4 is 15.4 Å². The molecule has 0 heterocycles. The highest BCUT2D eigenvalue weighted by molar-refractivity contribution is 7.90. The molecule has 0 saturated carbocycles. The standard InChI is InChI=1S/C25H34N4O6S2/c1-3-4-5-6-17-29(36)25(32)26-16-7-18-35-23(30)20-10-12-21(13-11-20)27-24(31)28-37(33,34)22-14-8-19(2)9-15-22/h8-15,36H,3-7,16-18H2,1-2H3,(H,26,32)(H2,27,28,31). The molecule has 12 heteroatoms. The van der Waals surface area contributed by atoms with Crippen LogP contribution in [0.5, 0.6) is 0 Å². The van der Waals surface area contributed by atoms with E-state index in [4.69, 9.17) is 4.74 Å². The molecule has 0 radical (unpaired) electrons. The van der Waals surface area contributed by atoms with Gasteiger partial charge in [0.1, 0.15) is 0 Å². The van der Waals surface area contributed by atoms with Crippen molar-refractivity contribution >= 4 is 46.6 Å². The molecule has 0 atom stereocenters. The van der Waals surface area contributed by atoms with Crippen molar-refractivity contribution in [1.82, 2.24) is 14.3 Å². The summed E-state index contributed by atoms with van der Waals surface area (Å²) in [4.78, 5) is 36.3. The zero-order valence-electron chi connectivity index (χ0n) is 21.0. The van der Waals surface area contributed by atoms with Gasteiger partial charge in [-0.2, -0.15) is 0 Å². The Morgan fingerprint density at radius 1 is 0.946 bits per heavy atom. The van der Waals surface area contributed by atoms with Gasteiger partial charge in [0, 0.05) is 18.8 Å². The fraction of sp³-hybridized carbons (Fsp3) is 0.400. The Hall–Kier alpha value is -3.25. The van der Waals surface area contributed by atoms with Crippen molar-refractivity contribution in [2.75, 3.05) is 25.0 Å². The van der Waals surface area contributed by atoms with Gasteiger partial charge in [-0.05, 0) is 56.2 Å². The lowest BCUT2D eigenvalue weighted by molar-refractivity contribution is 0.0501. The number of ether oxygens (including phenoxy) is 1. The first-order valence-electron chi connectivity index (χ1n) is 12.0. The topological polar surface area (TPSA) is 134 Å². The first kappa shape index (κ1) is 30.0. The second kappa shape index (κ2) is 15.1. The minimum Gasteiger partial charge on any atom is -0.462 e. The predicted molar refractivity (Wildman–Crippen MR) is 145 cm³/mol. The van der Waals surface area contributed by atoms with Crippen molar-refractivity contribution in [3.05, 3.63) is 59.7 Å². The van der Waals surface area contributed by atoms with E-state index in [9.17, 15) is 22.8 Å². The lowest BCUT2D eigenvalue weighted by Gasteiger charge is -2.16. The van der Waals surface area contributed by atoms with Crippen LogP contribution in [0.25, 0.3) is 0 Å². The van der Waals surface area contributed by atoms with E-state index >= 15 is 0 Å². The number of carbonyl (C=O) groups excluding carboxylic acids is 3. The predicted octanol–water partition coefficient (Wildman–Crippen LogP) is 4.49. The number of nitrogens with one attached hydrogen (secondary N) is 3. The fourth-order valence-electron chi connectivity index (χ4n) is 3.14. The summed E-state index contributed by atoms with van der Waals surface area (Å²) in [6, 6.07) is 10.7. The maximum absolute atomic E-state index is 12.3. The normalized spacial score (nSPS) is 10.9. The van der Waals surface area contributed by atoms with Gasteiger partial charge in [-0.3, -0.25) is 4.31 Å². The van der Waals surface area contributed by atoms with Crippen LogP contribution in [0.15, 0.2) is 53.4 Å². The summed E-state index contributed by atoms with van der Waals surface area (Å²) >= 11 is 4.18. The number of esters is 1. The minimum atomic E-state index is -4.02. The number of hydrogen-bond donors (Lipinski definition) is 4. The molecule has 2 aromatic carbocycles. The van der Waals surface area contributed by atoms with E-state index in [0.717, 1.165) is 31.2 Å². The maximum Gasteiger partial charge on any atom is 0.338 e. The van der Waals surface area contributed by atoms with Gasteiger partial charge < -0.3 is 15.4 Å². The van der Waals surface area contributed by atoms with Gasteiger partial charge in [-0.25, -0.2) is 27.5 Å². The number of nitrogens with zero attached hydrogens (tertiary/aromatic N) is 1. The van der Waals surface area contributed by atoms with E-state index in [0.29, 0.717) is 25.2 Å². The third-order valence-corrected chi connectivity index (χ3v) is 6.95. The Kier molecular flexibility index (Phi) is 12.2. The summed E-state index contributed by atoms with van der Waals surface area (Å²) in [6.45, 7) is 4.96. The summed E-state index contributed by atoms with van der Waals surface area (Å²) in [7, 11) is -4.02. The number of carbonyl (C=O) groups is 3. The number of sulfonamides is 1. The Balaban J connectivity index is 1.70. The van der Waals surface area contributed by atoms with Crippen LogP contribution in [0.4, 0.5) is 15.3 Å². The van der Waals surface area contributed by atoms with E-state index in [1.54, 1.807) is 12.1 Å². The number of amides is 4. The molecular weight excluding hydrogens is 516 g/mol. The number of urea groups is 2. The van der Waals surface area contributed by atoms with Crippen LogP contribution in [-0.2, 0) is 14.8 Å². The average Bonchev–Trinajstić information content (AvgIpc) is 2.86. The highest BCUT2D eigenvalue weighted by Gasteiger charge is 2.17. The monoisotopic (exact) mass is 550 g/mol. The van der Waals surface area contributed by atoms with Crippen LogP contribution in [0.2, 0.25) is 0 Å². The second-order valence-corrected chi connectivity index (χ2v) is 10.5. The highest BCUT2D eigenvalue weighted by Crippen LogP contribution is 2.13. The zero-order valence-corrected chi connectivity index (χ0v) is 22.7. The molecule has 0 spiro atoms. The van der Waals surface area contributed by atoms with Crippen molar-refractivity contribution in [3.8, 4) is 0 Å². The van der Waals surface area contributed by atoms with Crippen molar-refractivity contribution < 1.29 is 27.5 Å². The van der Waals surface area contributed by atoms with E-state index < -0.39 is 22.0 Å². The summed E-state index contributed by atoms with van der Waals surface area (Å²) in [6.07, 6.45) is 4.63. The Labute approximate surface area is 223 Å². The van der Waals surface area contributed by atoms with E-state index in [1.165, 1.54) is 40.7 Å². The van der Waals surface area contributed by atoms with Crippen LogP contribution in [0, 0.1) is 6.92 Å². The van der Waals surface area contributed by atoms with Gasteiger partial charge in [-0.15, -0.1) is 0 Å². The van der Waals surface area contributed by atoms with Crippen LogP contribution in [-0.4, -0.2) is 50.5 Å². The van der Waals surface area contributed by atoms with Gasteiger partial charge in [0.05, 0.1) is 17.1 Å². The van der Waals surface area contributed by atoms with Crippen LogP contribution in [0.3, 0.4) is 0 Å². The zero-order chi connectivity index (χ0) is 27.3. The quantitative estimate of drug-likeness (QED) is 0.165.